The van der Waals surface area contributed by atoms with Crippen molar-refractivity contribution in [1.29, 1.82) is 0 Å². The Morgan fingerprint density at radius 2 is 1.59 bits per heavy atom. The van der Waals surface area contributed by atoms with Crippen molar-refractivity contribution in [1.82, 2.24) is 0 Å². The van der Waals surface area contributed by atoms with Crippen LogP contribution in [0.5, 0.6) is 0 Å². The molecule has 0 saturated carbocycles. The van der Waals surface area contributed by atoms with Gasteiger partial charge in [-0.2, -0.15) is 0 Å². The van der Waals surface area contributed by atoms with Crippen LogP contribution in [0.4, 0.5) is 0 Å². The summed E-state index contributed by atoms with van der Waals surface area (Å²) in [4.78, 5) is 17.5. The molecule has 1 rings (SSSR count). The molecule has 0 saturated heterocycles. The standard InChI is InChI=1S/C18H30O3Si/c1-7-11-16(6)22(14(2)3,15(4)5)21-20-18(19)17-12-9-8-10-13-17/h8-10,12-16H,7,11H2,1-6H3. The summed E-state index contributed by atoms with van der Waals surface area (Å²) in [6.45, 7) is 13.2. The van der Waals surface area contributed by atoms with Crippen LogP contribution >= 0.6 is 0 Å². The number of hydrogen-bond acceptors (Lipinski definition) is 3. The van der Waals surface area contributed by atoms with Gasteiger partial charge in [-0.15, -0.1) is 0 Å². The lowest BCUT2D eigenvalue weighted by Gasteiger charge is -2.40. The van der Waals surface area contributed by atoms with E-state index >= 15 is 0 Å². The first kappa shape index (κ1) is 18.9. The van der Waals surface area contributed by atoms with Gasteiger partial charge in [0.15, 0.2) is 0 Å². The molecule has 0 bridgehead atoms. The molecule has 0 fully saturated rings. The molecule has 1 unspecified atom stereocenters. The molecule has 0 spiro atoms. The Morgan fingerprint density at radius 3 is 2.05 bits per heavy atom. The van der Waals surface area contributed by atoms with Gasteiger partial charge in [-0.1, -0.05) is 72.6 Å². The summed E-state index contributed by atoms with van der Waals surface area (Å²) in [5.74, 6) is -0.400. The molecular weight excluding hydrogens is 292 g/mol. The van der Waals surface area contributed by atoms with Gasteiger partial charge in [-0.3, -0.25) is 0 Å². The van der Waals surface area contributed by atoms with Crippen molar-refractivity contribution in [2.75, 3.05) is 0 Å². The van der Waals surface area contributed by atoms with E-state index in [1.54, 1.807) is 12.1 Å². The maximum absolute atomic E-state index is 12.2. The minimum absolute atomic E-state index is 0.387. The molecule has 1 atom stereocenters. The van der Waals surface area contributed by atoms with Gasteiger partial charge in [0.2, 0.25) is 0 Å². The second-order valence-electron chi connectivity index (χ2n) is 6.67. The monoisotopic (exact) mass is 322 g/mol. The van der Waals surface area contributed by atoms with E-state index in [4.69, 9.17) is 9.46 Å². The molecule has 0 aliphatic heterocycles. The molecule has 124 valence electrons. The van der Waals surface area contributed by atoms with Crippen LogP contribution in [0.15, 0.2) is 30.3 Å². The third-order valence-electron chi connectivity index (χ3n) is 4.57. The van der Waals surface area contributed by atoms with E-state index in [1.807, 2.05) is 18.2 Å². The Kier molecular flexibility index (Phi) is 7.30. The van der Waals surface area contributed by atoms with Crippen molar-refractivity contribution in [3.05, 3.63) is 35.9 Å². The maximum Gasteiger partial charge on any atom is 0.371 e. The molecule has 0 aromatic heterocycles. The van der Waals surface area contributed by atoms with E-state index in [-0.39, 0.29) is 0 Å². The number of hydrogen-bond donors (Lipinski definition) is 0. The molecule has 0 amide bonds. The number of benzene rings is 1. The molecule has 0 heterocycles. The Hall–Kier alpha value is -1.13. The molecule has 0 aliphatic carbocycles. The molecule has 0 aliphatic rings. The van der Waals surface area contributed by atoms with Crippen LogP contribution in [-0.2, 0) is 9.46 Å². The molecular formula is C18H30O3Si. The van der Waals surface area contributed by atoms with Crippen LogP contribution in [0.2, 0.25) is 16.6 Å². The quantitative estimate of drug-likeness (QED) is 0.348. The van der Waals surface area contributed by atoms with Gasteiger partial charge in [0.1, 0.15) is 0 Å². The van der Waals surface area contributed by atoms with Crippen molar-refractivity contribution in [2.24, 2.45) is 0 Å². The van der Waals surface area contributed by atoms with E-state index in [2.05, 4.69) is 41.5 Å². The summed E-state index contributed by atoms with van der Waals surface area (Å²) in [6.07, 6.45) is 2.22. The molecule has 0 radical (unpaired) electrons. The maximum atomic E-state index is 12.2. The van der Waals surface area contributed by atoms with E-state index < -0.39 is 14.3 Å². The summed E-state index contributed by atoms with van der Waals surface area (Å²) in [7, 11) is -2.21. The number of carbonyl (C=O) groups is 1. The van der Waals surface area contributed by atoms with Crippen LogP contribution in [-0.4, -0.2) is 14.3 Å². The zero-order chi connectivity index (χ0) is 16.8. The Bertz CT molecular complexity index is 449. The summed E-state index contributed by atoms with van der Waals surface area (Å²) in [5, 5.41) is 0. The van der Waals surface area contributed by atoms with Gasteiger partial charge in [0, 0.05) is 0 Å². The highest BCUT2D eigenvalue weighted by Crippen LogP contribution is 2.44. The number of carbonyl (C=O) groups excluding carboxylic acids is 1. The van der Waals surface area contributed by atoms with E-state index in [9.17, 15) is 4.79 Å². The predicted octanol–water partition coefficient (Wildman–Crippen LogP) is 5.73. The first-order chi connectivity index (χ1) is 10.4. The fraction of sp³-hybridized carbons (Fsp3) is 0.611. The van der Waals surface area contributed by atoms with E-state index in [1.165, 1.54) is 0 Å². The van der Waals surface area contributed by atoms with Gasteiger partial charge < -0.3 is 4.89 Å². The van der Waals surface area contributed by atoms with Gasteiger partial charge >= 0.3 is 5.97 Å². The smallest absolute Gasteiger partial charge is 0.305 e. The molecule has 0 N–H and O–H groups in total. The lowest BCUT2D eigenvalue weighted by Crippen LogP contribution is -2.49. The van der Waals surface area contributed by atoms with Crippen LogP contribution in [0.3, 0.4) is 0 Å². The van der Waals surface area contributed by atoms with Crippen molar-refractivity contribution in [2.45, 2.75) is 71.0 Å². The van der Waals surface area contributed by atoms with Crippen molar-refractivity contribution >= 4 is 14.3 Å². The minimum atomic E-state index is -2.21. The largest absolute Gasteiger partial charge is 0.371 e. The molecule has 3 nitrogen and oxygen atoms in total. The third-order valence-corrected chi connectivity index (χ3v) is 10.4. The number of rotatable bonds is 8. The SMILES string of the molecule is CCCC(C)[Si](OOC(=O)c1ccccc1)(C(C)C)C(C)C. The summed E-state index contributed by atoms with van der Waals surface area (Å²) in [5.41, 5.74) is 1.75. The average Bonchev–Trinajstić information content (AvgIpc) is 2.48. The van der Waals surface area contributed by atoms with Crippen molar-refractivity contribution in [3.63, 3.8) is 0 Å². The predicted molar refractivity (Wildman–Crippen MR) is 93.2 cm³/mol. The van der Waals surface area contributed by atoms with E-state index in [0.717, 1.165) is 12.8 Å². The van der Waals surface area contributed by atoms with Gasteiger partial charge in [0.25, 0.3) is 8.32 Å². The highest BCUT2D eigenvalue weighted by molar-refractivity contribution is 6.77. The van der Waals surface area contributed by atoms with E-state index in [0.29, 0.717) is 22.2 Å². The molecule has 1 aromatic rings. The lowest BCUT2D eigenvalue weighted by molar-refractivity contribution is -0.166. The van der Waals surface area contributed by atoms with Crippen LogP contribution in [0.1, 0.15) is 64.7 Å². The highest BCUT2D eigenvalue weighted by atomic mass is 28.4. The molecule has 1 aromatic carbocycles. The van der Waals surface area contributed by atoms with Crippen molar-refractivity contribution in [3.8, 4) is 0 Å². The normalized spacial score (nSPS) is 13.5. The summed E-state index contributed by atoms with van der Waals surface area (Å²) in [6, 6.07) is 9.02. The third kappa shape index (κ3) is 4.20. The fourth-order valence-electron chi connectivity index (χ4n) is 3.47. The second-order valence-corrected chi connectivity index (χ2v) is 11.8. The Labute approximate surface area is 136 Å². The highest BCUT2D eigenvalue weighted by Gasteiger charge is 2.49. The lowest BCUT2D eigenvalue weighted by atomic mass is 10.2. The van der Waals surface area contributed by atoms with Gasteiger partial charge in [-0.05, 0) is 28.8 Å². The first-order valence-electron chi connectivity index (χ1n) is 8.31. The molecule has 4 heteroatoms. The zero-order valence-electron chi connectivity index (χ0n) is 14.8. The zero-order valence-corrected chi connectivity index (χ0v) is 15.8. The topological polar surface area (TPSA) is 35.5 Å². The fourth-order valence-corrected chi connectivity index (χ4v) is 8.59. The van der Waals surface area contributed by atoms with Crippen LogP contribution in [0.25, 0.3) is 0 Å². The van der Waals surface area contributed by atoms with Crippen LogP contribution < -0.4 is 0 Å². The first-order valence-corrected chi connectivity index (χ1v) is 10.4. The van der Waals surface area contributed by atoms with Crippen molar-refractivity contribution < 1.29 is 14.3 Å². The summed E-state index contributed by atoms with van der Waals surface area (Å²) >= 11 is 0. The minimum Gasteiger partial charge on any atom is -0.305 e. The Balaban J connectivity index is 2.91. The Morgan fingerprint density at radius 1 is 1.05 bits per heavy atom. The average molecular weight is 323 g/mol. The summed E-state index contributed by atoms with van der Waals surface area (Å²) < 4.78 is 5.97. The second kappa shape index (κ2) is 8.49. The van der Waals surface area contributed by atoms with Gasteiger partial charge in [-0.25, -0.2) is 9.37 Å². The molecule has 22 heavy (non-hydrogen) atoms. The van der Waals surface area contributed by atoms with Gasteiger partial charge in [0.05, 0.1) is 5.56 Å². The van der Waals surface area contributed by atoms with Crippen LogP contribution in [0, 0.1) is 0 Å².